The highest BCUT2D eigenvalue weighted by Crippen LogP contribution is 2.28. The van der Waals surface area contributed by atoms with Gasteiger partial charge in [-0.1, -0.05) is 42.5 Å². The quantitative estimate of drug-likeness (QED) is 0.785. The number of rotatable bonds is 6. The predicted molar refractivity (Wildman–Crippen MR) is 76.6 cm³/mol. The number of benzene rings is 1. The van der Waals surface area contributed by atoms with Crippen molar-refractivity contribution in [1.29, 1.82) is 0 Å². The summed E-state index contributed by atoms with van der Waals surface area (Å²) in [5, 5.41) is 7.27. The Morgan fingerprint density at radius 1 is 1.11 bits per heavy atom. The molecule has 0 bridgehead atoms. The van der Waals surface area contributed by atoms with Crippen LogP contribution in [0, 0.1) is 0 Å². The lowest BCUT2D eigenvalue weighted by molar-refractivity contribution is 0.912. The minimum absolute atomic E-state index is 0.747. The molecule has 18 heavy (non-hydrogen) atoms. The fourth-order valence-corrected chi connectivity index (χ4v) is 1.91. The second-order valence-electron chi connectivity index (χ2n) is 3.97. The molecule has 0 radical (unpaired) electrons. The van der Waals surface area contributed by atoms with Gasteiger partial charge in [0.1, 0.15) is 0 Å². The van der Waals surface area contributed by atoms with Crippen LogP contribution in [0.4, 0.5) is 5.82 Å². The van der Waals surface area contributed by atoms with Gasteiger partial charge in [0.15, 0.2) is 5.82 Å². The minimum atomic E-state index is 0.747. The molecule has 0 aliphatic rings. The minimum Gasteiger partial charge on any atom is -0.347 e. The third kappa shape index (κ3) is 2.51. The van der Waals surface area contributed by atoms with Crippen LogP contribution in [0.1, 0.15) is 0 Å². The Labute approximate surface area is 107 Å². The van der Waals surface area contributed by atoms with Crippen LogP contribution in [-0.4, -0.2) is 23.3 Å². The first-order valence-electron chi connectivity index (χ1n) is 5.92. The summed E-state index contributed by atoms with van der Waals surface area (Å²) in [5.74, 6) is 0.931. The largest absolute Gasteiger partial charge is 0.347 e. The van der Waals surface area contributed by atoms with Gasteiger partial charge in [0, 0.05) is 24.8 Å². The van der Waals surface area contributed by atoms with Crippen LogP contribution in [0.15, 0.2) is 61.8 Å². The molecule has 0 fully saturated rings. The maximum absolute atomic E-state index is 4.34. The van der Waals surface area contributed by atoms with Crippen molar-refractivity contribution in [1.82, 2.24) is 10.2 Å². The Hall–Kier alpha value is -2.29. The maximum Gasteiger partial charge on any atom is 0.158 e. The van der Waals surface area contributed by atoms with Crippen molar-refractivity contribution < 1.29 is 0 Å². The van der Waals surface area contributed by atoms with Crippen molar-refractivity contribution in [2.24, 2.45) is 0 Å². The average molecular weight is 239 g/mol. The van der Waals surface area contributed by atoms with E-state index in [1.54, 1.807) is 0 Å². The van der Waals surface area contributed by atoms with Gasteiger partial charge in [-0.2, -0.15) is 5.10 Å². The van der Waals surface area contributed by atoms with Gasteiger partial charge < -0.3 is 4.90 Å². The third-order valence-electron chi connectivity index (χ3n) is 2.70. The zero-order valence-electron chi connectivity index (χ0n) is 10.3. The van der Waals surface area contributed by atoms with E-state index >= 15 is 0 Å². The average Bonchev–Trinajstić information content (AvgIpc) is 2.88. The van der Waals surface area contributed by atoms with Crippen LogP contribution in [0.3, 0.4) is 0 Å². The monoisotopic (exact) mass is 239 g/mol. The number of H-pyrrole nitrogens is 1. The number of aromatic amines is 1. The standard InChI is InChI=1S/C15H17N3/c1-3-10-18(11-4-2)15-14(12-16-17-15)13-8-6-5-7-9-13/h3-9,12H,1-2,10-11H2,(H,16,17). The van der Waals surface area contributed by atoms with Crippen molar-refractivity contribution in [3.05, 3.63) is 61.8 Å². The molecule has 1 aromatic heterocycles. The van der Waals surface area contributed by atoms with Crippen molar-refractivity contribution in [3.8, 4) is 11.1 Å². The number of anilines is 1. The molecule has 1 aromatic carbocycles. The first-order chi connectivity index (χ1) is 8.86. The van der Waals surface area contributed by atoms with Crippen LogP contribution in [0.25, 0.3) is 11.1 Å². The number of aromatic nitrogens is 2. The van der Waals surface area contributed by atoms with E-state index in [1.165, 1.54) is 0 Å². The summed E-state index contributed by atoms with van der Waals surface area (Å²) in [6, 6.07) is 10.2. The summed E-state index contributed by atoms with van der Waals surface area (Å²) in [4.78, 5) is 2.12. The number of hydrogen-bond acceptors (Lipinski definition) is 2. The molecule has 0 unspecified atom stereocenters. The van der Waals surface area contributed by atoms with Crippen molar-refractivity contribution in [2.75, 3.05) is 18.0 Å². The summed E-state index contributed by atoms with van der Waals surface area (Å²) in [6.07, 6.45) is 5.66. The Morgan fingerprint density at radius 2 is 1.78 bits per heavy atom. The van der Waals surface area contributed by atoms with Crippen LogP contribution >= 0.6 is 0 Å². The highest BCUT2D eigenvalue weighted by Gasteiger charge is 2.13. The van der Waals surface area contributed by atoms with E-state index in [0.29, 0.717) is 0 Å². The van der Waals surface area contributed by atoms with Crippen LogP contribution < -0.4 is 4.90 Å². The summed E-state index contributed by atoms with van der Waals surface area (Å²) in [5.41, 5.74) is 2.25. The fraction of sp³-hybridized carbons (Fsp3) is 0.133. The van der Waals surface area contributed by atoms with E-state index in [2.05, 4.69) is 40.4 Å². The molecular weight excluding hydrogens is 222 g/mol. The van der Waals surface area contributed by atoms with E-state index in [4.69, 9.17) is 0 Å². The smallest absolute Gasteiger partial charge is 0.158 e. The molecule has 92 valence electrons. The normalized spacial score (nSPS) is 10.0. The summed E-state index contributed by atoms with van der Waals surface area (Å²) >= 11 is 0. The molecule has 0 spiro atoms. The Kier molecular flexibility index (Phi) is 3.97. The first kappa shape index (κ1) is 12.2. The van der Waals surface area contributed by atoms with Crippen LogP contribution in [-0.2, 0) is 0 Å². The lowest BCUT2D eigenvalue weighted by Gasteiger charge is -2.20. The van der Waals surface area contributed by atoms with Gasteiger partial charge in [-0.15, -0.1) is 13.2 Å². The molecule has 1 N–H and O–H groups in total. The topological polar surface area (TPSA) is 31.9 Å². The van der Waals surface area contributed by atoms with Crippen LogP contribution in [0.2, 0.25) is 0 Å². The van der Waals surface area contributed by atoms with Crippen LogP contribution in [0.5, 0.6) is 0 Å². The number of hydrogen-bond donors (Lipinski definition) is 1. The van der Waals surface area contributed by atoms with Crippen molar-refractivity contribution in [3.63, 3.8) is 0 Å². The van der Waals surface area contributed by atoms with Crippen molar-refractivity contribution >= 4 is 5.82 Å². The van der Waals surface area contributed by atoms with Gasteiger partial charge in [-0.25, -0.2) is 0 Å². The van der Waals surface area contributed by atoms with Gasteiger partial charge in [0.2, 0.25) is 0 Å². The Bertz CT molecular complexity index is 504. The number of nitrogens with zero attached hydrogens (tertiary/aromatic N) is 2. The molecule has 0 saturated heterocycles. The second-order valence-corrected chi connectivity index (χ2v) is 3.97. The van der Waals surface area contributed by atoms with Gasteiger partial charge in [-0.05, 0) is 5.56 Å². The third-order valence-corrected chi connectivity index (χ3v) is 2.70. The maximum atomic E-state index is 4.34. The SMILES string of the molecule is C=CCN(CC=C)c1n[nH]cc1-c1ccccc1. The van der Waals surface area contributed by atoms with E-state index in [1.807, 2.05) is 36.5 Å². The molecule has 2 aromatic rings. The first-order valence-corrected chi connectivity index (χ1v) is 5.92. The Balaban J connectivity index is 2.37. The molecule has 3 nitrogen and oxygen atoms in total. The van der Waals surface area contributed by atoms with Crippen molar-refractivity contribution in [2.45, 2.75) is 0 Å². The zero-order chi connectivity index (χ0) is 12.8. The summed E-state index contributed by atoms with van der Waals surface area (Å²) < 4.78 is 0. The fourth-order valence-electron chi connectivity index (χ4n) is 1.91. The predicted octanol–water partition coefficient (Wildman–Crippen LogP) is 3.26. The summed E-state index contributed by atoms with van der Waals surface area (Å²) in [7, 11) is 0. The van der Waals surface area contributed by atoms with E-state index in [0.717, 1.165) is 30.0 Å². The molecule has 0 aliphatic carbocycles. The molecule has 0 saturated carbocycles. The second kappa shape index (κ2) is 5.87. The summed E-state index contributed by atoms with van der Waals surface area (Å²) in [6.45, 7) is 9.06. The lowest BCUT2D eigenvalue weighted by Crippen LogP contribution is -2.24. The highest BCUT2D eigenvalue weighted by molar-refractivity contribution is 5.75. The zero-order valence-corrected chi connectivity index (χ0v) is 10.3. The van der Waals surface area contributed by atoms with Gasteiger partial charge >= 0.3 is 0 Å². The molecule has 2 rings (SSSR count). The highest BCUT2D eigenvalue weighted by atomic mass is 15.3. The molecule has 3 heteroatoms. The Morgan fingerprint density at radius 3 is 2.39 bits per heavy atom. The molecule has 0 amide bonds. The van der Waals surface area contributed by atoms with E-state index < -0.39 is 0 Å². The molecule has 0 aliphatic heterocycles. The molecule has 0 atom stereocenters. The molecular formula is C15H17N3. The number of nitrogens with one attached hydrogen (secondary N) is 1. The van der Waals surface area contributed by atoms with Gasteiger partial charge in [0.05, 0.1) is 0 Å². The van der Waals surface area contributed by atoms with Gasteiger partial charge in [-0.3, -0.25) is 5.10 Å². The molecule has 1 heterocycles. The lowest BCUT2D eigenvalue weighted by atomic mass is 10.1. The van der Waals surface area contributed by atoms with E-state index in [9.17, 15) is 0 Å². The van der Waals surface area contributed by atoms with E-state index in [-0.39, 0.29) is 0 Å². The van der Waals surface area contributed by atoms with Gasteiger partial charge in [0.25, 0.3) is 0 Å².